The van der Waals surface area contributed by atoms with Gasteiger partial charge in [-0.1, -0.05) is 23.4 Å². The fourth-order valence-corrected chi connectivity index (χ4v) is 1.48. The van der Waals surface area contributed by atoms with Crippen LogP contribution >= 0.6 is 0 Å². The van der Waals surface area contributed by atoms with E-state index in [4.69, 9.17) is 0 Å². The number of nitrogens with zero attached hydrogens (tertiary/aromatic N) is 3. The number of para-hydroxylation sites is 1. The van der Waals surface area contributed by atoms with Crippen LogP contribution in [0.4, 0.5) is 0 Å². The van der Waals surface area contributed by atoms with Crippen molar-refractivity contribution in [3.8, 4) is 5.69 Å². The molecule has 6 heteroatoms. The van der Waals surface area contributed by atoms with Gasteiger partial charge in [-0.05, 0) is 12.1 Å². The molecule has 2 rings (SSSR count). The molecule has 1 aromatic carbocycles. The van der Waals surface area contributed by atoms with Crippen LogP contribution in [0.1, 0.15) is 16.2 Å². The van der Waals surface area contributed by atoms with E-state index in [-0.39, 0.29) is 12.3 Å². The summed E-state index contributed by atoms with van der Waals surface area (Å²) in [5.74, 6) is -0.615. The third-order valence-corrected chi connectivity index (χ3v) is 2.29. The Morgan fingerprint density at radius 3 is 2.71 bits per heavy atom. The standard InChI is InChI=1S/C11H11N3O3/c1-17-11(16)10-9(7-15)14(13-12-10)8-5-3-2-4-6-8/h2-6,15H,7H2,1H3. The molecular weight excluding hydrogens is 222 g/mol. The number of hydrogen-bond donors (Lipinski definition) is 1. The molecule has 6 nitrogen and oxygen atoms in total. The first-order chi connectivity index (χ1) is 8.27. The van der Waals surface area contributed by atoms with E-state index in [0.29, 0.717) is 5.69 Å². The predicted molar refractivity (Wildman–Crippen MR) is 58.6 cm³/mol. The summed E-state index contributed by atoms with van der Waals surface area (Å²) < 4.78 is 5.97. The lowest BCUT2D eigenvalue weighted by molar-refractivity contribution is 0.0590. The minimum absolute atomic E-state index is 0.0267. The first-order valence-electron chi connectivity index (χ1n) is 4.97. The van der Waals surface area contributed by atoms with Gasteiger partial charge in [0.1, 0.15) is 5.69 Å². The molecule has 0 atom stereocenters. The molecule has 1 aromatic heterocycles. The maximum atomic E-state index is 11.4. The largest absolute Gasteiger partial charge is 0.464 e. The van der Waals surface area contributed by atoms with Crippen LogP contribution in [0.25, 0.3) is 5.69 Å². The molecule has 0 radical (unpaired) electrons. The number of aliphatic hydroxyl groups excluding tert-OH is 1. The van der Waals surface area contributed by atoms with Crippen LogP contribution in [0, 0.1) is 0 Å². The van der Waals surface area contributed by atoms with Crippen LogP contribution in [-0.2, 0) is 11.3 Å². The minimum Gasteiger partial charge on any atom is -0.464 e. The van der Waals surface area contributed by atoms with E-state index < -0.39 is 5.97 Å². The van der Waals surface area contributed by atoms with Crippen molar-refractivity contribution in [2.45, 2.75) is 6.61 Å². The number of methoxy groups -OCH3 is 1. The molecule has 88 valence electrons. The van der Waals surface area contributed by atoms with Crippen molar-refractivity contribution in [1.82, 2.24) is 15.0 Å². The molecule has 0 aliphatic rings. The van der Waals surface area contributed by atoms with Crippen molar-refractivity contribution in [1.29, 1.82) is 0 Å². The molecule has 0 bridgehead atoms. The number of aromatic nitrogens is 3. The second kappa shape index (κ2) is 4.75. The average molecular weight is 233 g/mol. The monoisotopic (exact) mass is 233 g/mol. The van der Waals surface area contributed by atoms with Gasteiger partial charge in [0, 0.05) is 0 Å². The number of benzene rings is 1. The summed E-state index contributed by atoms with van der Waals surface area (Å²) in [6.45, 7) is -0.341. The van der Waals surface area contributed by atoms with Crippen LogP contribution in [0.5, 0.6) is 0 Å². The van der Waals surface area contributed by atoms with Crippen LogP contribution in [0.3, 0.4) is 0 Å². The summed E-state index contributed by atoms with van der Waals surface area (Å²) >= 11 is 0. The Hall–Kier alpha value is -2.21. The van der Waals surface area contributed by atoms with E-state index in [9.17, 15) is 9.90 Å². The van der Waals surface area contributed by atoms with Crippen molar-refractivity contribution in [2.24, 2.45) is 0 Å². The summed E-state index contributed by atoms with van der Waals surface area (Å²) in [4.78, 5) is 11.4. The number of aliphatic hydroxyl groups is 1. The highest BCUT2D eigenvalue weighted by Crippen LogP contribution is 2.13. The van der Waals surface area contributed by atoms with E-state index in [1.165, 1.54) is 11.8 Å². The molecule has 0 fully saturated rings. The van der Waals surface area contributed by atoms with Crippen LogP contribution in [-0.4, -0.2) is 33.2 Å². The van der Waals surface area contributed by atoms with Gasteiger partial charge in [0.15, 0.2) is 5.69 Å². The molecular formula is C11H11N3O3. The summed E-state index contributed by atoms with van der Waals surface area (Å²) in [6, 6.07) is 9.12. The Morgan fingerprint density at radius 2 is 2.12 bits per heavy atom. The zero-order valence-corrected chi connectivity index (χ0v) is 9.20. The molecule has 0 aliphatic carbocycles. The quantitative estimate of drug-likeness (QED) is 0.783. The van der Waals surface area contributed by atoms with Gasteiger partial charge in [-0.2, -0.15) is 0 Å². The molecule has 2 aromatic rings. The van der Waals surface area contributed by atoms with E-state index in [2.05, 4.69) is 15.0 Å². The smallest absolute Gasteiger partial charge is 0.360 e. The van der Waals surface area contributed by atoms with Gasteiger partial charge in [0.25, 0.3) is 0 Å². The van der Waals surface area contributed by atoms with Gasteiger partial charge in [-0.15, -0.1) is 5.10 Å². The molecule has 1 N–H and O–H groups in total. The maximum Gasteiger partial charge on any atom is 0.360 e. The number of esters is 1. The minimum atomic E-state index is -0.615. The Kier molecular flexibility index (Phi) is 3.15. The highest BCUT2D eigenvalue weighted by atomic mass is 16.5. The van der Waals surface area contributed by atoms with Crippen molar-refractivity contribution in [3.05, 3.63) is 41.7 Å². The van der Waals surface area contributed by atoms with Gasteiger partial charge < -0.3 is 9.84 Å². The Balaban J connectivity index is 2.50. The number of ether oxygens (including phenoxy) is 1. The lowest BCUT2D eigenvalue weighted by Gasteiger charge is -2.04. The molecule has 0 saturated carbocycles. The summed E-state index contributed by atoms with van der Waals surface area (Å²) in [5.41, 5.74) is 1.06. The van der Waals surface area contributed by atoms with Crippen molar-refractivity contribution < 1.29 is 14.6 Å². The molecule has 0 unspecified atom stereocenters. The molecule has 0 amide bonds. The van der Waals surface area contributed by atoms with Crippen molar-refractivity contribution in [2.75, 3.05) is 7.11 Å². The van der Waals surface area contributed by atoms with E-state index in [0.717, 1.165) is 5.69 Å². The van der Waals surface area contributed by atoms with Crippen molar-refractivity contribution in [3.63, 3.8) is 0 Å². The van der Waals surface area contributed by atoms with E-state index in [1.54, 1.807) is 12.1 Å². The molecule has 0 spiro atoms. The van der Waals surface area contributed by atoms with Gasteiger partial charge in [-0.25, -0.2) is 9.48 Å². The number of hydrogen-bond acceptors (Lipinski definition) is 5. The highest BCUT2D eigenvalue weighted by Gasteiger charge is 2.20. The summed E-state index contributed by atoms with van der Waals surface area (Å²) in [6.07, 6.45) is 0. The number of rotatable bonds is 3. The fraction of sp³-hybridized carbons (Fsp3) is 0.182. The molecule has 0 saturated heterocycles. The van der Waals surface area contributed by atoms with Crippen LogP contribution < -0.4 is 0 Å². The number of carbonyl (C=O) groups is 1. The van der Waals surface area contributed by atoms with E-state index >= 15 is 0 Å². The number of carbonyl (C=O) groups excluding carboxylic acids is 1. The first-order valence-corrected chi connectivity index (χ1v) is 4.97. The van der Waals surface area contributed by atoms with Gasteiger partial charge in [0.2, 0.25) is 0 Å². The fourth-order valence-electron chi connectivity index (χ4n) is 1.48. The summed E-state index contributed by atoms with van der Waals surface area (Å²) in [5, 5.41) is 16.8. The van der Waals surface area contributed by atoms with Gasteiger partial charge in [-0.3, -0.25) is 0 Å². The predicted octanol–water partition coefficient (Wildman–Crippen LogP) is 0.546. The zero-order valence-electron chi connectivity index (χ0n) is 9.20. The Bertz CT molecular complexity index is 522. The normalized spacial score (nSPS) is 10.2. The summed E-state index contributed by atoms with van der Waals surface area (Å²) in [7, 11) is 1.25. The van der Waals surface area contributed by atoms with Crippen molar-refractivity contribution >= 4 is 5.97 Å². The van der Waals surface area contributed by atoms with Gasteiger partial charge >= 0.3 is 5.97 Å². The molecule has 1 heterocycles. The third kappa shape index (κ3) is 2.02. The third-order valence-electron chi connectivity index (χ3n) is 2.29. The molecule has 17 heavy (non-hydrogen) atoms. The topological polar surface area (TPSA) is 77.2 Å². The van der Waals surface area contributed by atoms with E-state index in [1.807, 2.05) is 18.2 Å². The van der Waals surface area contributed by atoms with Crippen LogP contribution in [0.2, 0.25) is 0 Å². The lowest BCUT2D eigenvalue weighted by Crippen LogP contribution is -2.08. The highest BCUT2D eigenvalue weighted by molar-refractivity contribution is 5.88. The zero-order chi connectivity index (χ0) is 12.3. The SMILES string of the molecule is COC(=O)c1nnn(-c2ccccc2)c1CO. The Morgan fingerprint density at radius 1 is 1.41 bits per heavy atom. The Labute approximate surface area is 97.4 Å². The second-order valence-electron chi connectivity index (χ2n) is 3.28. The first kappa shape index (κ1) is 11.3. The molecule has 0 aliphatic heterocycles. The van der Waals surface area contributed by atoms with Gasteiger partial charge in [0.05, 0.1) is 19.4 Å². The lowest BCUT2D eigenvalue weighted by atomic mass is 10.3. The van der Waals surface area contributed by atoms with Crippen LogP contribution in [0.15, 0.2) is 30.3 Å². The maximum absolute atomic E-state index is 11.4. The average Bonchev–Trinajstić information content (AvgIpc) is 2.82. The second-order valence-corrected chi connectivity index (χ2v) is 3.28.